The molecule has 3 amide bonds. The molecule has 0 unspecified atom stereocenters. The molecule has 39 heavy (non-hydrogen) atoms. The minimum atomic E-state index is -3.93. The number of anilines is 1. The van der Waals surface area contributed by atoms with E-state index >= 15 is 0 Å². The molecule has 1 aliphatic heterocycles. The number of carbonyl (C=O) groups excluding carboxylic acids is 2. The Kier molecular flexibility index (Phi) is 10.1. The predicted molar refractivity (Wildman–Crippen MR) is 151 cm³/mol. The lowest BCUT2D eigenvalue weighted by atomic mass is 10.0. The fraction of sp³-hybridized carbons (Fsp3) is 0.481. The van der Waals surface area contributed by atoms with E-state index < -0.39 is 10.0 Å². The first kappa shape index (κ1) is 30.5. The van der Waals surface area contributed by atoms with Crippen LogP contribution in [0.1, 0.15) is 38.1 Å². The molecule has 0 aromatic heterocycles. The molecule has 10 nitrogen and oxygen atoms in total. The highest BCUT2D eigenvalue weighted by Gasteiger charge is 2.31. The summed E-state index contributed by atoms with van der Waals surface area (Å²) in [6, 6.07) is 9.72. The summed E-state index contributed by atoms with van der Waals surface area (Å²) in [7, 11) is -0.705. The second kappa shape index (κ2) is 12.9. The number of nitrogens with zero attached hydrogens (tertiary/aromatic N) is 2. The number of sulfonamides is 1. The third kappa shape index (κ3) is 7.77. The van der Waals surface area contributed by atoms with Gasteiger partial charge in [0.15, 0.2) is 0 Å². The molecule has 0 fully saturated rings. The van der Waals surface area contributed by atoms with Gasteiger partial charge in [0.2, 0.25) is 0 Å². The monoisotopic (exact) mass is 580 g/mol. The first-order chi connectivity index (χ1) is 18.3. The van der Waals surface area contributed by atoms with Crippen molar-refractivity contribution in [2.45, 2.75) is 50.8 Å². The minimum absolute atomic E-state index is 0.0323. The molecule has 0 saturated heterocycles. The Morgan fingerprint density at radius 1 is 1.13 bits per heavy atom. The molecule has 1 heterocycles. The zero-order chi connectivity index (χ0) is 28.9. The van der Waals surface area contributed by atoms with Crippen LogP contribution in [0.3, 0.4) is 0 Å². The first-order valence-electron chi connectivity index (χ1n) is 12.7. The Balaban J connectivity index is 1.97. The summed E-state index contributed by atoms with van der Waals surface area (Å²) in [5.41, 5.74) is 0.381. The molecule has 0 spiro atoms. The van der Waals surface area contributed by atoms with Crippen LogP contribution in [0.2, 0.25) is 5.02 Å². The van der Waals surface area contributed by atoms with Gasteiger partial charge in [-0.3, -0.25) is 9.52 Å². The zero-order valence-electron chi connectivity index (χ0n) is 23.1. The van der Waals surface area contributed by atoms with Crippen molar-refractivity contribution in [3.63, 3.8) is 0 Å². The van der Waals surface area contributed by atoms with Gasteiger partial charge in [0.25, 0.3) is 15.9 Å². The van der Waals surface area contributed by atoms with E-state index in [0.717, 1.165) is 0 Å². The maximum absolute atomic E-state index is 13.5. The zero-order valence-corrected chi connectivity index (χ0v) is 24.7. The topological polar surface area (TPSA) is 117 Å². The van der Waals surface area contributed by atoms with E-state index in [9.17, 15) is 18.0 Å². The highest BCUT2D eigenvalue weighted by Crippen LogP contribution is 2.28. The van der Waals surface area contributed by atoms with Crippen molar-refractivity contribution < 1.29 is 27.5 Å². The highest BCUT2D eigenvalue weighted by molar-refractivity contribution is 7.92. The number of halogens is 1. The van der Waals surface area contributed by atoms with Crippen LogP contribution in [-0.4, -0.2) is 82.2 Å². The van der Waals surface area contributed by atoms with Crippen LogP contribution in [0.25, 0.3) is 0 Å². The number of ether oxygens (including phenoxy) is 2. The number of fused-ring (bicyclic) bond motifs is 1. The number of carbonyl (C=O) groups is 2. The van der Waals surface area contributed by atoms with Crippen LogP contribution in [-0.2, 0) is 14.8 Å². The van der Waals surface area contributed by atoms with Gasteiger partial charge < -0.3 is 24.6 Å². The number of rotatable bonds is 5. The molecule has 2 aromatic rings. The fourth-order valence-electron chi connectivity index (χ4n) is 4.28. The number of urea groups is 1. The Bertz CT molecular complexity index is 1270. The molecule has 2 N–H and O–H groups in total. The number of hydrogen-bond acceptors (Lipinski definition) is 6. The molecule has 0 aliphatic carbocycles. The summed E-state index contributed by atoms with van der Waals surface area (Å²) in [5.74, 6) is -0.170. The molecule has 1 aliphatic rings. The summed E-state index contributed by atoms with van der Waals surface area (Å²) in [6.07, 6.45) is -0.351. The molecule has 0 saturated carbocycles. The van der Waals surface area contributed by atoms with Crippen molar-refractivity contribution in [2.75, 3.05) is 38.6 Å². The van der Waals surface area contributed by atoms with Crippen LogP contribution < -0.4 is 14.8 Å². The van der Waals surface area contributed by atoms with Crippen LogP contribution in [0.4, 0.5) is 10.5 Å². The number of methoxy groups -OCH3 is 1. The van der Waals surface area contributed by atoms with Gasteiger partial charge >= 0.3 is 6.03 Å². The summed E-state index contributed by atoms with van der Waals surface area (Å²) >= 11 is 5.89. The second-order valence-electron chi connectivity index (χ2n) is 10.1. The molecule has 0 bridgehead atoms. The normalized spacial score (nSPS) is 20.9. The van der Waals surface area contributed by atoms with Crippen molar-refractivity contribution in [3.05, 3.63) is 53.1 Å². The molecule has 2 aromatic carbocycles. The van der Waals surface area contributed by atoms with E-state index in [1.807, 2.05) is 27.7 Å². The molecular weight excluding hydrogens is 544 g/mol. The van der Waals surface area contributed by atoms with Crippen LogP contribution in [0.15, 0.2) is 47.4 Å². The molecule has 12 heteroatoms. The Labute approximate surface area is 235 Å². The van der Waals surface area contributed by atoms with Gasteiger partial charge in [0.1, 0.15) is 12.4 Å². The van der Waals surface area contributed by atoms with Gasteiger partial charge in [-0.05, 0) is 63.2 Å². The third-order valence-corrected chi connectivity index (χ3v) is 8.14. The molecular formula is C27H37ClN4O6S. The smallest absolute Gasteiger partial charge is 0.317 e. The van der Waals surface area contributed by atoms with Gasteiger partial charge in [-0.15, -0.1) is 0 Å². The quantitative estimate of drug-likeness (QED) is 0.551. The largest absolute Gasteiger partial charge is 0.491 e. The molecule has 0 radical (unpaired) electrons. The van der Waals surface area contributed by atoms with Crippen molar-refractivity contribution in [3.8, 4) is 5.75 Å². The van der Waals surface area contributed by atoms with Gasteiger partial charge in [-0.2, -0.15) is 0 Å². The van der Waals surface area contributed by atoms with Gasteiger partial charge in [0, 0.05) is 49.9 Å². The Hall–Kier alpha value is -3.02. The van der Waals surface area contributed by atoms with Crippen molar-refractivity contribution in [2.24, 2.45) is 5.92 Å². The fourth-order valence-corrected chi connectivity index (χ4v) is 5.46. The number of nitrogens with one attached hydrogen (secondary N) is 2. The van der Waals surface area contributed by atoms with E-state index in [4.69, 9.17) is 21.1 Å². The van der Waals surface area contributed by atoms with Gasteiger partial charge in [-0.25, -0.2) is 13.2 Å². The van der Waals surface area contributed by atoms with Crippen molar-refractivity contribution in [1.29, 1.82) is 0 Å². The number of hydrogen-bond donors (Lipinski definition) is 2. The van der Waals surface area contributed by atoms with Gasteiger partial charge in [-0.1, -0.05) is 18.5 Å². The number of amides is 3. The van der Waals surface area contributed by atoms with Crippen LogP contribution >= 0.6 is 11.6 Å². The van der Waals surface area contributed by atoms with Crippen LogP contribution in [0, 0.1) is 5.92 Å². The number of likely N-dealkylation sites (N-methyl/N-ethyl adjacent to an activating group) is 1. The molecule has 3 rings (SSSR count). The van der Waals surface area contributed by atoms with E-state index in [0.29, 0.717) is 11.6 Å². The summed E-state index contributed by atoms with van der Waals surface area (Å²) in [4.78, 5) is 29.8. The van der Waals surface area contributed by atoms with E-state index in [2.05, 4.69) is 10.0 Å². The van der Waals surface area contributed by atoms with E-state index in [1.165, 1.54) is 41.3 Å². The van der Waals surface area contributed by atoms with E-state index in [-0.39, 0.29) is 71.1 Å². The Morgan fingerprint density at radius 2 is 1.79 bits per heavy atom. The lowest BCUT2D eigenvalue weighted by Crippen LogP contribution is -2.52. The average molecular weight is 581 g/mol. The first-order valence-corrected chi connectivity index (χ1v) is 14.6. The Morgan fingerprint density at radius 3 is 2.41 bits per heavy atom. The summed E-state index contributed by atoms with van der Waals surface area (Å²) < 4.78 is 40.2. The maximum atomic E-state index is 13.5. The lowest BCUT2D eigenvalue weighted by molar-refractivity contribution is 0.0165. The van der Waals surface area contributed by atoms with Gasteiger partial charge in [0.05, 0.1) is 22.6 Å². The van der Waals surface area contributed by atoms with Crippen molar-refractivity contribution >= 4 is 39.2 Å². The summed E-state index contributed by atoms with van der Waals surface area (Å²) in [6.45, 7) is 8.42. The molecule has 3 atom stereocenters. The lowest BCUT2D eigenvalue weighted by Gasteiger charge is -2.36. The average Bonchev–Trinajstić information content (AvgIpc) is 2.87. The standard InChI is InChI=1S/C27H37ClN4O6S/c1-17(2)29-27(34)32-14-18(3)25(37-6)15-31(5)26(33)23-13-21(9-12-24(23)38-16-19(32)4)30-39(35,36)22-10-7-20(28)8-11-22/h7-13,17-19,25,30H,14-16H2,1-6H3,(H,29,34)/t18-,19+,25-/m1/s1. The van der Waals surface area contributed by atoms with Crippen LogP contribution in [0.5, 0.6) is 5.75 Å². The third-order valence-electron chi connectivity index (χ3n) is 6.49. The second-order valence-corrected chi connectivity index (χ2v) is 12.2. The maximum Gasteiger partial charge on any atom is 0.317 e. The summed E-state index contributed by atoms with van der Waals surface area (Å²) in [5, 5.41) is 3.36. The number of benzene rings is 2. The minimum Gasteiger partial charge on any atom is -0.491 e. The SMILES string of the molecule is CO[C@@H]1CN(C)C(=O)c2cc(NS(=O)(=O)c3ccc(Cl)cc3)ccc2OC[C@H](C)N(C(=O)NC(C)C)C[C@H]1C. The highest BCUT2D eigenvalue weighted by atomic mass is 35.5. The van der Waals surface area contributed by atoms with E-state index in [1.54, 1.807) is 25.1 Å². The molecule has 214 valence electrons. The predicted octanol–water partition coefficient (Wildman–Crippen LogP) is 4.06. The van der Waals surface area contributed by atoms with Crippen molar-refractivity contribution in [1.82, 2.24) is 15.1 Å².